The lowest BCUT2D eigenvalue weighted by atomic mass is 9.96. The number of rotatable bonds is 16. The zero-order chi connectivity index (χ0) is 29.6. The maximum atomic E-state index is 5.10. The average molecular weight is 552 g/mol. The minimum absolute atomic E-state index is 0.885. The van der Waals surface area contributed by atoms with Crippen LogP contribution in [0, 0.1) is 20.8 Å². The zero-order valence-corrected chi connectivity index (χ0v) is 26.9. The molecule has 0 saturated heterocycles. The molecule has 0 unspecified atom stereocenters. The number of aliphatic imine (C=N–C) groups is 2. The summed E-state index contributed by atoms with van der Waals surface area (Å²) in [4.78, 5) is 15.2. The predicted molar refractivity (Wildman–Crippen MR) is 180 cm³/mol. The lowest BCUT2D eigenvalue weighted by Gasteiger charge is -2.13. The molecule has 3 aromatic rings. The van der Waals surface area contributed by atoms with Gasteiger partial charge in [-0.3, -0.25) is 9.98 Å². The average Bonchev–Trinajstić information content (AvgIpc) is 2.95. The van der Waals surface area contributed by atoms with Gasteiger partial charge in [0.15, 0.2) is 0 Å². The maximum Gasteiger partial charge on any atom is 0.0823 e. The molecule has 0 aliphatic carbocycles. The first-order valence-electron chi connectivity index (χ1n) is 16.2. The largest absolute Gasteiger partial charge is 0.254 e. The Bertz CT molecular complexity index is 1160. The van der Waals surface area contributed by atoms with Gasteiger partial charge in [0.2, 0.25) is 0 Å². The summed E-state index contributed by atoms with van der Waals surface area (Å²) in [6.45, 7) is 15.6. The lowest BCUT2D eigenvalue weighted by Crippen LogP contribution is -1.99. The molecule has 0 radical (unpaired) electrons. The van der Waals surface area contributed by atoms with Crippen LogP contribution in [-0.4, -0.2) is 17.4 Å². The SMILES string of the molecule is CCCCc1cc(C)cc(CCCC)c1N=Cc1cc(C)cc(C=Nc2c(CCCC)cc(C)cc2CCCC)n1. The van der Waals surface area contributed by atoms with Crippen LogP contribution in [0.3, 0.4) is 0 Å². The van der Waals surface area contributed by atoms with Gasteiger partial charge in [0.05, 0.1) is 35.2 Å². The normalized spacial score (nSPS) is 11.8. The molecule has 0 aliphatic rings. The van der Waals surface area contributed by atoms with E-state index in [2.05, 4.69) is 84.9 Å². The third kappa shape index (κ3) is 10.1. The van der Waals surface area contributed by atoms with Gasteiger partial charge in [-0.25, -0.2) is 4.98 Å². The van der Waals surface area contributed by atoms with Gasteiger partial charge in [-0.2, -0.15) is 0 Å². The highest BCUT2D eigenvalue weighted by Gasteiger charge is 2.11. The Hall–Kier alpha value is -3.07. The Morgan fingerprint density at radius 2 is 0.780 bits per heavy atom. The number of benzene rings is 2. The molecule has 0 fully saturated rings. The molecular formula is C38H53N3. The van der Waals surface area contributed by atoms with Gasteiger partial charge in [-0.1, -0.05) is 88.8 Å². The molecule has 0 aliphatic heterocycles. The third-order valence-corrected chi connectivity index (χ3v) is 7.68. The molecule has 0 spiro atoms. The van der Waals surface area contributed by atoms with Gasteiger partial charge in [-0.15, -0.1) is 0 Å². The quantitative estimate of drug-likeness (QED) is 0.163. The van der Waals surface area contributed by atoms with Crippen LogP contribution in [0.25, 0.3) is 0 Å². The van der Waals surface area contributed by atoms with Gasteiger partial charge < -0.3 is 0 Å². The molecular weight excluding hydrogens is 498 g/mol. The van der Waals surface area contributed by atoms with E-state index in [9.17, 15) is 0 Å². The molecule has 1 heterocycles. The fraction of sp³-hybridized carbons (Fsp3) is 0.500. The molecule has 0 bridgehead atoms. The molecule has 41 heavy (non-hydrogen) atoms. The van der Waals surface area contributed by atoms with Crippen LogP contribution in [-0.2, 0) is 25.7 Å². The maximum absolute atomic E-state index is 5.10. The van der Waals surface area contributed by atoms with Crippen molar-refractivity contribution in [2.24, 2.45) is 9.98 Å². The Labute approximate surface area is 250 Å². The van der Waals surface area contributed by atoms with E-state index in [1.807, 2.05) is 12.4 Å². The minimum Gasteiger partial charge on any atom is -0.254 e. The van der Waals surface area contributed by atoms with Gasteiger partial charge in [0.1, 0.15) is 0 Å². The summed E-state index contributed by atoms with van der Waals surface area (Å²) in [5.74, 6) is 0. The van der Waals surface area contributed by atoms with E-state index in [1.165, 1.54) is 90.3 Å². The molecule has 0 amide bonds. The first kappa shape index (κ1) is 32.4. The van der Waals surface area contributed by atoms with Crippen LogP contribution >= 0.6 is 0 Å². The van der Waals surface area contributed by atoms with Crippen LogP contribution in [0.1, 0.15) is 129 Å². The topological polar surface area (TPSA) is 37.6 Å². The lowest BCUT2D eigenvalue weighted by molar-refractivity contribution is 0.780. The molecule has 3 nitrogen and oxygen atoms in total. The predicted octanol–water partition coefficient (Wildman–Crippen LogP) is 10.9. The van der Waals surface area contributed by atoms with Gasteiger partial charge in [0, 0.05) is 0 Å². The van der Waals surface area contributed by atoms with Crippen molar-refractivity contribution in [1.29, 1.82) is 0 Å². The number of nitrogens with zero attached hydrogens (tertiary/aromatic N) is 3. The Balaban J connectivity index is 1.98. The molecule has 220 valence electrons. The van der Waals surface area contributed by atoms with Gasteiger partial charge in [0.25, 0.3) is 0 Å². The number of aromatic nitrogens is 1. The van der Waals surface area contributed by atoms with Crippen molar-refractivity contribution in [3.8, 4) is 0 Å². The third-order valence-electron chi connectivity index (χ3n) is 7.68. The summed E-state index contributed by atoms with van der Waals surface area (Å²) in [5, 5.41) is 0. The molecule has 0 atom stereocenters. The minimum atomic E-state index is 0.885. The van der Waals surface area contributed by atoms with Crippen molar-refractivity contribution >= 4 is 23.8 Å². The monoisotopic (exact) mass is 551 g/mol. The summed E-state index contributed by atoms with van der Waals surface area (Å²) in [7, 11) is 0. The highest BCUT2D eigenvalue weighted by molar-refractivity contribution is 5.85. The van der Waals surface area contributed by atoms with E-state index in [0.717, 1.165) is 48.4 Å². The van der Waals surface area contributed by atoms with Gasteiger partial charge >= 0.3 is 0 Å². The Morgan fingerprint density at radius 1 is 0.488 bits per heavy atom. The van der Waals surface area contributed by atoms with Crippen LogP contribution < -0.4 is 0 Å². The molecule has 3 heteroatoms. The number of aryl methyl sites for hydroxylation is 7. The standard InChI is InChI=1S/C38H53N3/c1-8-12-16-31-20-28(5)21-32(17-13-9-2)37(31)39-26-35-24-30(7)25-36(41-35)27-40-38-33(18-14-10-3)22-29(6)23-34(38)19-15-11-4/h20-27H,8-19H2,1-7H3. The summed E-state index contributed by atoms with van der Waals surface area (Å²) in [6.07, 6.45) is 17.7. The number of hydrogen-bond donors (Lipinski definition) is 0. The van der Waals surface area contributed by atoms with Gasteiger partial charge in [-0.05, 0) is 112 Å². The van der Waals surface area contributed by atoms with Crippen LogP contribution in [0.15, 0.2) is 46.4 Å². The van der Waals surface area contributed by atoms with Crippen molar-refractivity contribution < 1.29 is 0 Å². The van der Waals surface area contributed by atoms with E-state index < -0.39 is 0 Å². The van der Waals surface area contributed by atoms with Crippen molar-refractivity contribution in [2.45, 2.75) is 126 Å². The Morgan fingerprint density at radius 3 is 1.07 bits per heavy atom. The number of unbranched alkanes of at least 4 members (excludes halogenated alkanes) is 4. The zero-order valence-electron chi connectivity index (χ0n) is 26.9. The fourth-order valence-electron chi connectivity index (χ4n) is 5.55. The van der Waals surface area contributed by atoms with E-state index in [4.69, 9.17) is 15.0 Å². The van der Waals surface area contributed by atoms with Crippen molar-refractivity contribution in [1.82, 2.24) is 4.98 Å². The molecule has 1 aromatic heterocycles. The number of hydrogen-bond acceptors (Lipinski definition) is 3. The van der Waals surface area contributed by atoms with Crippen molar-refractivity contribution in [3.05, 3.63) is 86.7 Å². The second kappa shape index (κ2) is 17.0. The van der Waals surface area contributed by atoms with E-state index in [-0.39, 0.29) is 0 Å². The fourth-order valence-corrected chi connectivity index (χ4v) is 5.55. The van der Waals surface area contributed by atoms with Crippen LogP contribution in [0.4, 0.5) is 11.4 Å². The first-order chi connectivity index (χ1) is 19.9. The Kier molecular flexibility index (Phi) is 13.5. The second-order valence-corrected chi connectivity index (χ2v) is 11.8. The molecule has 3 rings (SSSR count). The molecule has 0 saturated carbocycles. The highest BCUT2D eigenvalue weighted by Crippen LogP contribution is 2.31. The van der Waals surface area contributed by atoms with Crippen LogP contribution in [0.2, 0.25) is 0 Å². The molecule has 0 N–H and O–H groups in total. The first-order valence-corrected chi connectivity index (χ1v) is 16.2. The molecule has 2 aromatic carbocycles. The van der Waals surface area contributed by atoms with E-state index >= 15 is 0 Å². The highest BCUT2D eigenvalue weighted by atomic mass is 14.8. The smallest absolute Gasteiger partial charge is 0.0823 e. The van der Waals surface area contributed by atoms with E-state index in [1.54, 1.807) is 0 Å². The summed E-state index contributed by atoms with van der Waals surface area (Å²) in [6, 6.07) is 13.6. The van der Waals surface area contributed by atoms with E-state index in [0.29, 0.717) is 0 Å². The summed E-state index contributed by atoms with van der Waals surface area (Å²) >= 11 is 0. The summed E-state index contributed by atoms with van der Waals surface area (Å²) < 4.78 is 0. The second-order valence-electron chi connectivity index (χ2n) is 11.8. The van der Waals surface area contributed by atoms with Crippen LogP contribution in [0.5, 0.6) is 0 Å². The van der Waals surface area contributed by atoms with Crippen molar-refractivity contribution in [2.75, 3.05) is 0 Å². The number of pyridine rings is 1. The van der Waals surface area contributed by atoms with Crippen molar-refractivity contribution in [3.63, 3.8) is 0 Å². The summed E-state index contributed by atoms with van der Waals surface area (Å²) in [5.41, 5.74) is 13.4.